The first-order chi connectivity index (χ1) is 12.6. The van der Waals surface area contributed by atoms with Crippen LogP contribution in [-0.2, 0) is 4.79 Å². The molecule has 3 amide bonds. The van der Waals surface area contributed by atoms with Gasteiger partial charge in [-0.3, -0.25) is 4.79 Å². The van der Waals surface area contributed by atoms with Crippen LogP contribution in [0.4, 0.5) is 4.79 Å². The Balaban J connectivity index is 1.33. The molecule has 2 N–H and O–H groups in total. The summed E-state index contributed by atoms with van der Waals surface area (Å²) in [5.74, 6) is 1.12. The van der Waals surface area contributed by atoms with Crippen LogP contribution in [0.1, 0.15) is 90.4 Å². The van der Waals surface area contributed by atoms with Crippen LogP contribution in [-0.4, -0.2) is 41.5 Å². The lowest BCUT2D eigenvalue weighted by molar-refractivity contribution is -0.135. The zero-order valence-electron chi connectivity index (χ0n) is 16.5. The van der Waals surface area contributed by atoms with E-state index >= 15 is 0 Å². The summed E-state index contributed by atoms with van der Waals surface area (Å²) < 4.78 is 0. The molecule has 148 valence electrons. The highest BCUT2D eigenvalue weighted by Gasteiger charge is 2.37. The van der Waals surface area contributed by atoms with Gasteiger partial charge >= 0.3 is 6.03 Å². The van der Waals surface area contributed by atoms with Crippen LogP contribution >= 0.6 is 0 Å². The average molecular weight is 364 g/mol. The van der Waals surface area contributed by atoms with Crippen molar-refractivity contribution >= 4 is 11.9 Å². The van der Waals surface area contributed by atoms with Crippen molar-refractivity contribution in [2.45, 2.75) is 109 Å². The van der Waals surface area contributed by atoms with Gasteiger partial charge in [0.1, 0.15) is 0 Å². The minimum absolute atomic E-state index is 0.0651. The summed E-state index contributed by atoms with van der Waals surface area (Å²) in [5.41, 5.74) is 0. The number of carbonyl (C=O) groups excluding carboxylic acids is 2. The van der Waals surface area contributed by atoms with Crippen LogP contribution in [0.5, 0.6) is 0 Å². The minimum atomic E-state index is -0.0651. The molecule has 0 heterocycles. The van der Waals surface area contributed by atoms with Crippen molar-refractivity contribution in [3.05, 3.63) is 0 Å². The predicted octanol–water partition coefficient (Wildman–Crippen LogP) is 3.97. The van der Waals surface area contributed by atoms with Crippen molar-refractivity contribution in [3.8, 4) is 0 Å². The Morgan fingerprint density at radius 1 is 0.885 bits per heavy atom. The normalized spacial score (nSPS) is 27.0. The first-order valence-corrected chi connectivity index (χ1v) is 11.0. The van der Waals surface area contributed by atoms with E-state index in [0.717, 1.165) is 25.2 Å². The molecule has 3 fully saturated rings. The van der Waals surface area contributed by atoms with Crippen LogP contribution in [0.2, 0.25) is 0 Å². The van der Waals surface area contributed by atoms with Gasteiger partial charge in [0.15, 0.2) is 0 Å². The van der Waals surface area contributed by atoms with Crippen molar-refractivity contribution in [1.82, 2.24) is 15.5 Å². The van der Waals surface area contributed by atoms with E-state index in [0.29, 0.717) is 37.0 Å². The molecular formula is C21H37N3O2. The molecule has 0 radical (unpaired) electrons. The van der Waals surface area contributed by atoms with Crippen LogP contribution < -0.4 is 10.6 Å². The van der Waals surface area contributed by atoms with Crippen molar-refractivity contribution < 1.29 is 9.59 Å². The van der Waals surface area contributed by atoms with Gasteiger partial charge in [-0.25, -0.2) is 4.79 Å². The van der Waals surface area contributed by atoms with Gasteiger partial charge in [0.2, 0.25) is 5.91 Å². The lowest BCUT2D eigenvalue weighted by Gasteiger charge is -2.36. The Bertz CT molecular complexity index is 464. The first-order valence-electron chi connectivity index (χ1n) is 11.0. The van der Waals surface area contributed by atoms with Gasteiger partial charge in [-0.15, -0.1) is 0 Å². The lowest BCUT2D eigenvalue weighted by Crippen LogP contribution is -2.44. The number of carbonyl (C=O) groups is 2. The fraction of sp³-hybridized carbons (Fsp3) is 0.905. The topological polar surface area (TPSA) is 61.4 Å². The number of nitrogens with one attached hydrogen (secondary N) is 2. The van der Waals surface area contributed by atoms with Crippen LogP contribution in [0.3, 0.4) is 0 Å². The quantitative estimate of drug-likeness (QED) is 0.672. The molecule has 0 bridgehead atoms. The Morgan fingerprint density at radius 2 is 1.50 bits per heavy atom. The second kappa shape index (κ2) is 9.61. The maximum Gasteiger partial charge on any atom is 0.315 e. The standard InChI is InChI=1S/C21H37N3O2/c1-16-9-11-18(12-10-16)24(19-13-14-19)20(25)8-5-15-22-21(26)23-17-6-3-2-4-7-17/h16-19H,2-15H2,1H3,(H2,22,23,26). The third-order valence-electron chi connectivity index (χ3n) is 6.40. The number of rotatable bonds is 7. The predicted molar refractivity (Wildman–Crippen MR) is 104 cm³/mol. The average Bonchev–Trinajstić information content (AvgIpc) is 3.46. The monoisotopic (exact) mass is 363 g/mol. The van der Waals surface area contributed by atoms with Gasteiger partial charge in [0.05, 0.1) is 0 Å². The molecule has 0 aliphatic heterocycles. The Hall–Kier alpha value is -1.26. The fourth-order valence-corrected chi connectivity index (χ4v) is 4.63. The highest BCUT2D eigenvalue weighted by atomic mass is 16.2. The SMILES string of the molecule is CC1CCC(N(C(=O)CCCNC(=O)NC2CCCCC2)C2CC2)CC1. The van der Waals surface area contributed by atoms with Crippen LogP contribution in [0, 0.1) is 5.92 Å². The summed E-state index contributed by atoms with van der Waals surface area (Å²) in [6, 6.07) is 1.24. The fourth-order valence-electron chi connectivity index (χ4n) is 4.63. The molecule has 5 heteroatoms. The highest BCUT2D eigenvalue weighted by molar-refractivity contribution is 5.77. The van der Waals surface area contributed by atoms with Gasteiger partial charge in [-0.2, -0.15) is 0 Å². The van der Waals surface area contributed by atoms with E-state index in [9.17, 15) is 9.59 Å². The van der Waals surface area contributed by atoms with E-state index in [1.54, 1.807) is 0 Å². The Kier molecular flexibility index (Phi) is 7.21. The molecule has 3 aliphatic rings. The maximum atomic E-state index is 12.8. The third-order valence-corrected chi connectivity index (χ3v) is 6.40. The second-order valence-electron chi connectivity index (χ2n) is 8.78. The number of hydrogen-bond donors (Lipinski definition) is 2. The van der Waals surface area contributed by atoms with Crippen molar-refractivity contribution in [2.24, 2.45) is 5.92 Å². The smallest absolute Gasteiger partial charge is 0.315 e. The van der Waals surface area contributed by atoms with Gasteiger partial charge in [-0.1, -0.05) is 26.2 Å². The zero-order valence-corrected chi connectivity index (χ0v) is 16.5. The zero-order chi connectivity index (χ0) is 18.4. The van der Waals surface area contributed by atoms with Gasteiger partial charge in [0, 0.05) is 31.1 Å². The highest BCUT2D eigenvalue weighted by Crippen LogP contribution is 2.35. The summed E-state index contributed by atoms with van der Waals surface area (Å²) in [6.45, 7) is 2.91. The van der Waals surface area contributed by atoms with E-state index in [1.807, 2.05) is 0 Å². The van der Waals surface area contributed by atoms with E-state index in [1.165, 1.54) is 57.8 Å². The maximum absolute atomic E-state index is 12.8. The molecule has 0 aromatic rings. The number of nitrogens with zero attached hydrogens (tertiary/aromatic N) is 1. The van der Waals surface area contributed by atoms with E-state index < -0.39 is 0 Å². The van der Waals surface area contributed by atoms with Gasteiger partial charge < -0.3 is 15.5 Å². The molecular weight excluding hydrogens is 326 g/mol. The Morgan fingerprint density at radius 3 is 2.12 bits per heavy atom. The molecule has 0 atom stereocenters. The summed E-state index contributed by atoms with van der Waals surface area (Å²) >= 11 is 0. The first kappa shape index (κ1) is 19.5. The second-order valence-corrected chi connectivity index (χ2v) is 8.78. The minimum Gasteiger partial charge on any atom is -0.338 e. The van der Waals surface area contributed by atoms with Crippen molar-refractivity contribution in [2.75, 3.05) is 6.54 Å². The molecule has 26 heavy (non-hydrogen) atoms. The van der Waals surface area contributed by atoms with Crippen molar-refractivity contribution in [3.63, 3.8) is 0 Å². The molecule has 3 rings (SSSR count). The molecule has 0 unspecified atom stereocenters. The molecule has 5 nitrogen and oxygen atoms in total. The molecule has 3 aliphatic carbocycles. The van der Waals surface area contributed by atoms with E-state index in [4.69, 9.17) is 0 Å². The van der Waals surface area contributed by atoms with E-state index in [2.05, 4.69) is 22.5 Å². The van der Waals surface area contributed by atoms with E-state index in [-0.39, 0.29) is 6.03 Å². The summed E-state index contributed by atoms with van der Waals surface area (Å²) in [6.07, 6.45) is 14.4. The molecule has 0 aromatic heterocycles. The summed E-state index contributed by atoms with van der Waals surface area (Å²) in [4.78, 5) is 26.9. The van der Waals surface area contributed by atoms with Crippen molar-refractivity contribution in [1.29, 1.82) is 0 Å². The Labute approximate surface area is 158 Å². The van der Waals surface area contributed by atoms with Crippen LogP contribution in [0.15, 0.2) is 0 Å². The summed E-state index contributed by atoms with van der Waals surface area (Å²) in [7, 11) is 0. The third kappa shape index (κ3) is 5.88. The van der Waals surface area contributed by atoms with Crippen LogP contribution in [0.25, 0.3) is 0 Å². The number of hydrogen-bond acceptors (Lipinski definition) is 2. The lowest BCUT2D eigenvalue weighted by atomic mass is 9.86. The number of urea groups is 1. The summed E-state index contributed by atoms with van der Waals surface area (Å²) in [5, 5.41) is 6.00. The molecule has 0 spiro atoms. The molecule has 3 saturated carbocycles. The number of amides is 3. The van der Waals surface area contributed by atoms with Gasteiger partial charge in [-0.05, 0) is 63.7 Å². The molecule has 0 aromatic carbocycles. The largest absolute Gasteiger partial charge is 0.338 e. The molecule has 0 saturated heterocycles. The van der Waals surface area contributed by atoms with Gasteiger partial charge in [0.25, 0.3) is 0 Å².